The van der Waals surface area contributed by atoms with E-state index >= 15 is 0 Å². The molecule has 0 radical (unpaired) electrons. The second-order valence-corrected chi connectivity index (χ2v) is 4.50. The molecule has 0 heterocycles. The van der Waals surface area contributed by atoms with Gasteiger partial charge in [0.2, 0.25) is 5.91 Å². The maximum atomic E-state index is 11.3. The van der Waals surface area contributed by atoms with Crippen LogP contribution in [0.5, 0.6) is 0 Å². The summed E-state index contributed by atoms with van der Waals surface area (Å²) in [6.45, 7) is 6.48. The molecule has 4 nitrogen and oxygen atoms in total. The van der Waals surface area contributed by atoms with Gasteiger partial charge in [-0.2, -0.15) is 0 Å². The summed E-state index contributed by atoms with van der Waals surface area (Å²) in [7, 11) is 1.91. The molecule has 0 fully saturated rings. The molecule has 1 amide bonds. The van der Waals surface area contributed by atoms with Crippen molar-refractivity contribution < 1.29 is 4.79 Å². The van der Waals surface area contributed by atoms with Gasteiger partial charge in [0.25, 0.3) is 0 Å². The van der Waals surface area contributed by atoms with E-state index in [9.17, 15) is 4.79 Å². The normalized spacial score (nSPS) is 12.9. The molecule has 0 aromatic carbocycles. The van der Waals surface area contributed by atoms with E-state index in [2.05, 4.69) is 5.32 Å². The molecular formula is C10H21N3OS. The molecular weight excluding hydrogens is 210 g/mol. The first-order valence-corrected chi connectivity index (χ1v) is 5.54. The molecule has 1 atom stereocenters. The molecule has 0 aliphatic heterocycles. The second kappa shape index (κ2) is 6.74. The van der Waals surface area contributed by atoms with Crippen molar-refractivity contribution >= 4 is 23.1 Å². The summed E-state index contributed by atoms with van der Waals surface area (Å²) in [5, 5.41) is 2.84. The van der Waals surface area contributed by atoms with Gasteiger partial charge in [0.1, 0.15) is 0 Å². The Bertz CT molecular complexity index is 231. The predicted octanol–water partition coefficient (Wildman–Crippen LogP) is 0.508. The highest BCUT2D eigenvalue weighted by Crippen LogP contribution is 1.97. The zero-order chi connectivity index (χ0) is 12.0. The summed E-state index contributed by atoms with van der Waals surface area (Å²) in [6, 6.07) is 0.225. The van der Waals surface area contributed by atoms with Crippen LogP contribution in [0.15, 0.2) is 0 Å². The highest BCUT2D eigenvalue weighted by Gasteiger charge is 2.13. The first-order chi connectivity index (χ1) is 6.84. The van der Waals surface area contributed by atoms with Crippen molar-refractivity contribution in [1.29, 1.82) is 0 Å². The highest BCUT2D eigenvalue weighted by atomic mass is 32.1. The number of hydrogen-bond acceptors (Lipinski definition) is 3. The zero-order valence-corrected chi connectivity index (χ0v) is 10.7. The smallest absolute Gasteiger partial charge is 0.221 e. The molecule has 1 unspecified atom stereocenters. The van der Waals surface area contributed by atoms with Gasteiger partial charge in [0, 0.05) is 19.0 Å². The third kappa shape index (κ3) is 6.41. The van der Waals surface area contributed by atoms with Crippen molar-refractivity contribution in [3.8, 4) is 0 Å². The maximum absolute atomic E-state index is 11.3. The first-order valence-electron chi connectivity index (χ1n) is 5.13. The van der Waals surface area contributed by atoms with Gasteiger partial charge < -0.3 is 11.1 Å². The van der Waals surface area contributed by atoms with E-state index in [0.29, 0.717) is 18.0 Å². The van der Waals surface area contributed by atoms with E-state index in [1.807, 2.05) is 32.7 Å². The number of nitrogens with one attached hydrogen (secondary N) is 1. The van der Waals surface area contributed by atoms with Gasteiger partial charge in [-0.25, -0.2) is 0 Å². The zero-order valence-electron chi connectivity index (χ0n) is 9.91. The predicted molar refractivity (Wildman–Crippen MR) is 66.8 cm³/mol. The Balaban J connectivity index is 3.85. The van der Waals surface area contributed by atoms with Crippen LogP contribution < -0.4 is 11.1 Å². The molecule has 15 heavy (non-hydrogen) atoms. The number of thiocarbonyl (C=S) groups is 1. The van der Waals surface area contributed by atoms with Crippen LogP contribution in [0.1, 0.15) is 27.2 Å². The second-order valence-electron chi connectivity index (χ2n) is 4.03. The topological polar surface area (TPSA) is 58.4 Å². The largest absolute Gasteiger partial charge is 0.392 e. The number of likely N-dealkylation sites (N-methyl/N-ethyl adjacent to an activating group) is 1. The third-order valence-electron chi connectivity index (χ3n) is 2.21. The minimum absolute atomic E-state index is 0.0341. The van der Waals surface area contributed by atoms with E-state index in [1.165, 1.54) is 0 Å². The van der Waals surface area contributed by atoms with Crippen molar-refractivity contribution in [1.82, 2.24) is 10.2 Å². The van der Waals surface area contributed by atoms with Crippen molar-refractivity contribution in [3.05, 3.63) is 0 Å². The lowest BCUT2D eigenvalue weighted by Gasteiger charge is -2.23. The SMILES string of the molecule is CC(C)NC(=O)CCN(C)C(C)C(N)=S. The summed E-state index contributed by atoms with van der Waals surface area (Å²) in [5.41, 5.74) is 5.51. The van der Waals surface area contributed by atoms with Crippen molar-refractivity contribution in [2.75, 3.05) is 13.6 Å². The number of carbonyl (C=O) groups is 1. The molecule has 3 N–H and O–H groups in total. The standard InChI is InChI=1S/C10H21N3OS/c1-7(2)12-9(14)5-6-13(4)8(3)10(11)15/h7-8H,5-6H2,1-4H3,(H2,11,15)(H,12,14). The average molecular weight is 231 g/mol. The van der Waals surface area contributed by atoms with Crippen molar-refractivity contribution in [2.45, 2.75) is 39.3 Å². The first kappa shape index (κ1) is 14.3. The van der Waals surface area contributed by atoms with E-state index < -0.39 is 0 Å². The average Bonchev–Trinajstić information content (AvgIpc) is 2.11. The number of nitrogens with two attached hydrogens (primary N) is 1. The van der Waals surface area contributed by atoms with Gasteiger partial charge in [-0.15, -0.1) is 0 Å². The monoisotopic (exact) mass is 231 g/mol. The maximum Gasteiger partial charge on any atom is 0.221 e. The summed E-state index contributed by atoms with van der Waals surface area (Å²) in [4.78, 5) is 13.8. The lowest BCUT2D eigenvalue weighted by Crippen LogP contribution is -2.41. The minimum Gasteiger partial charge on any atom is -0.392 e. The van der Waals surface area contributed by atoms with Crippen LogP contribution in [0.4, 0.5) is 0 Å². The highest BCUT2D eigenvalue weighted by molar-refractivity contribution is 7.80. The van der Waals surface area contributed by atoms with Gasteiger partial charge in [0.05, 0.1) is 11.0 Å². The Morgan fingerprint density at radius 3 is 2.40 bits per heavy atom. The summed E-state index contributed by atoms with van der Waals surface area (Å²) in [5.74, 6) is 0.0620. The lowest BCUT2D eigenvalue weighted by molar-refractivity contribution is -0.121. The molecule has 0 saturated carbocycles. The van der Waals surface area contributed by atoms with Crippen LogP contribution >= 0.6 is 12.2 Å². The lowest BCUT2D eigenvalue weighted by atomic mass is 10.2. The molecule has 0 aliphatic carbocycles. The fraction of sp³-hybridized carbons (Fsp3) is 0.800. The molecule has 88 valence electrons. The Hall–Kier alpha value is -0.680. The van der Waals surface area contributed by atoms with Crippen molar-refractivity contribution in [3.63, 3.8) is 0 Å². The van der Waals surface area contributed by atoms with Crippen LogP contribution in [0, 0.1) is 0 Å². The van der Waals surface area contributed by atoms with Gasteiger partial charge in [-0.1, -0.05) is 12.2 Å². The third-order valence-corrected chi connectivity index (χ3v) is 2.56. The summed E-state index contributed by atoms with van der Waals surface area (Å²) >= 11 is 4.88. The van der Waals surface area contributed by atoms with E-state index in [-0.39, 0.29) is 18.0 Å². The molecule has 0 aromatic heterocycles. The molecule has 0 rings (SSSR count). The Labute approximate surface area is 97.2 Å². The van der Waals surface area contributed by atoms with Gasteiger partial charge >= 0.3 is 0 Å². The Morgan fingerprint density at radius 2 is 2.00 bits per heavy atom. The quantitative estimate of drug-likeness (QED) is 0.654. The molecule has 0 saturated heterocycles. The fourth-order valence-electron chi connectivity index (χ4n) is 1.08. The van der Waals surface area contributed by atoms with Gasteiger partial charge in [0.15, 0.2) is 0 Å². The number of rotatable bonds is 6. The van der Waals surface area contributed by atoms with E-state index in [1.54, 1.807) is 0 Å². The van der Waals surface area contributed by atoms with Crippen LogP contribution in [0.3, 0.4) is 0 Å². The number of carbonyl (C=O) groups excluding carboxylic acids is 1. The van der Waals surface area contributed by atoms with E-state index in [4.69, 9.17) is 18.0 Å². The van der Waals surface area contributed by atoms with Crippen LogP contribution in [0.2, 0.25) is 0 Å². The number of amides is 1. The van der Waals surface area contributed by atoms with Gasteiger partial charge in [-0.3, -0.25) is 9.69 Å². The number of nitrogens with zero attached hydrogens (tertiary/aromatic N) is 1. The van der Waals surface area contributed by atoms with Crippen LogP contribution in [-0.4, -0.2) is 41.5 Å². The molecule has 0 spiro atoms. The van der Waals surface area contributed by atoms with Crippen molar-refractivity contribution in [2.24, 2.45) is 5.73 Å². The molecule has 0 aliphatic rings. The Kier molecular flexibility index (Phi) is 6.43. The fourth-order valence-corrected chi connectivity index (χ4v) is 1.26. The molecule has 0 aromatic rings. The minimum atomic E-state index is 0.0341. The van der Waals surface area contributed by atoms with Crippen LogP contribution in [0.25, 0.3) is 0 Å². The Morgan fingerprint density at radius 1 is 1.47 bits per heavy atom. The summed E-state index contributed by atoms with van der Waals surface area (Å²) in [6.07, 6.45) is 0.474. The van der Waals surface area contributed by atoms with Crippen LogP contribution in [-0.2, 0) is 4.79 Å². The van der Waals surface area contributed by atoms with Gasteiger partial charge in [-0.05, 0) is 27.8 Å². The summed E-state index contributed by atoms with van der Waals surface area (Å²) < 4.78 is 0. The van der Waals surface area contributed by atoms with E-state index in [0.717, 1.165) is 0 Å². The molecule has 5 heteroatoms. The molecule has 0 bridgehead atoms. The number of hydrogen-bond donors (Lipinski definition) is 2.